The average molecular weight is 317 g/mol. The minimum atomic E-state index is -0.967. The molecule has 2 N–H and O–H groups in total. The lowest BCUT2D eigenvalue weighted by atomic mass is 10.1. The predicted octanol–water partition coefficient (Wildman–Crippen LogP) is 1.32. The number of nitrogens with one attached hydrogen (secondary N) is 1. The van der Waals surface area contributed by atoms with Gasteiger partial charge in [0.2, 0.25) is 0 Å². The molecule has 1 heterocycles. The van der Waals surface area contributed by atoms with Gasteiger partial charge in [0.15, 0.2) is 0 Å². The lowest BCUT2D eigenvalue weighted by Crippen LogP contribution is -2.57. The van der Waals surface area contributed by atoms with Crippen LogP contribution < -0.4 is 5.32 Å². The highest BCUT2D eigenvalue weighted by atomic mass is 32.2. The van der Waals surface area contributed by atoms with Crippen molar-refractivity contribution in [3.63, 3.8) is 0 Å². The zero-order valence-electron chi connectivity index (χ0n) is 13.4. The van der Waals surface area contributed by atoms with Gasteiger partial charge in [-0.2, -0.15) is 11.8 Å². The first kappa shape index (κ1) is 18.1. The van der Waals surface area contributed by atoms with E-state index in [4.69, 9.17) is 5.11 Å². The van der Waals surface area contributed by atoms with Crippen LogP contribution in [0.5, 0.6) is 0 Å². The fraction of sp³-hybridized carbons (Fsp3) is 0.857. The highest BCUT2D eigenvalue weighted by Gasteiger charge is 2.29. The van der Waals surface area contributed by atoms with Crippen LogP contribution in [0.2, 0.25) is 0 Å². The summed E-state index contributed by atoms with van der Waals surface area (Å²) < 4.78 is 0. The van der Waals surface area contributed by atoms with E-state index in [-0.39, 0.29) is 11.6 Å². The summed E-state index contributed by atoms with van der Waals surface area (Å²) in [5.41, 5.74) is 0.102. The van der Waals surface area contributed by atoms with Gasteiger partial charge in [0.1, 0.15) is 6.04 Å². The van der Waals surface area contributed by atoms with E-state index in [1.165, 1.54) is 0 Å². The molecule has 6 nitrogen and oxygen atoms in total. The third kappa shape index (κ3) is 5.74. The van der Waals surface area contributed by atoms with Gasteiger partial charge in [-0.05, 0) is 39.2 Å². The van der Waals surface area contributed by atoms with Crippen LogP contribution in [-0.4, -0.2) is 76.7 Å². The Balaban J connectivity index is 2.47. The number of carbonyl (C=O) groups is 2. The van der Waals surface area contributed by atoms with Gasteiger partial charge in [-0.25, -0.2) is 9.59 Å². The molecule has 1 saturated heterocycles. The maximum absolute atomic E-state index is 12.2. The second-order valence-corrected chi connectivity index (χ2v) is 7.25. The summed E-state index contributed by atoms with van der Waals surface area (Å²) in [6, 6.07) is -1.07. The van der Waals surface area contributed by atoms with Crippen LogP contribution in [-0.2, 0) is 4.79 Å². The quantitative estimate of drug-likeness (QED) is 0.800. The van der Waals surface area contributed by atoms with Gasteiger partial charge in [0.05, 0.1) is 0 Å². The van der Waals surface area contributed by atoms with Crippen molar-refractivity contribution in [1.82, 2.24) is 15.1 Å². The number of amides is 2. The van der Waals surface area contributed by atoms with Crippen LogP contribution >= 0.6 is 11.8 Å². The molecule has 0 saturated carbocycles. The molecular weight excluding hydrogens is 290 g/mol. The van der Waals surface area contributed by atoms with Crippen LogP contribution in [0.25, 0.3) is 0 Å². The van der Waals surface area contributed by atoms with Crippen LogP contribution in [0.15, 0.2) is 0 Å². The predicted molar refractivity (Wildman–Crippen MR) is 85.9 cm³/mol. The van der Waals surface area contributed by atoms with Gasteiger partial charge in [-0.1, -0.05) is 0 Å². The molecule has 0 aromatic heterocycles. The number of hydrogen-bond donors (Lipinski definition) is 2. The molecule has 1 atom stereocenters. The summed E-state index contributed by atoms with van der Waals surface area (Å²) in [7, 11) is 0. The molecule has 0 unspecified atom stereocenters. The zero-order chi connectivity index (χ0) is 16.0. The number of hydrogen-bond acceptors (Lipinski definition) is 4. The van der Waals surface area contributed by atoms with Gasteiger partial charge >= 0.3 is 12.0 Å². The number of thioether (sulfide) groups is 1. The van der Waals surface area contributed by atoms with Gasteiger partial charge in [-0.3, -0.25) is 4.90 Å². The number of piperazine rings is 1. The Kier molecular flexibility index (Phi) is 6.80. The molecule has 0 radical (unpaired) electrons. The first-order chi connectivity index (χ1) is 9.75. The molecule has 0 aromatic rings. The van der Waals surface area contributed by atoms with E-state index in [0.717, 1.165) is 18.8 Å². The molecule has 1 fully saturated rings. The lowest BCUT2D eigenvalue weighted by Gasteiger charge is -2.42. The normalized spacial score (nSPS) is 18.4. The Morgan fingerprint density at radius 3 is 2.24 bits per heavy atom. The SMILES string of the molecule is CSCC[C@H](NC(=O)N1CCN(C(C)(C)C)CC1)C(=O)O. The van der Waals surface area contributed by atoms with Crippen molar-refractivity contribution in [1.29, 1.82) is 0 Å². The second kappa shape index (κ2) is 7.89. The Hall–Kier alpha value is -0.950. The first-order valence-electron chi connectivity index (χ1n) is 7.28. The summed E-state index contributed by atoms with van der Waals surface area (Å²) in [6.07, 6.45) is 2.37. The van der Waals surface area contributed by atoms with E-state index in [2.05, 4.69) is 31.0 Å². The minimum absolute atomic E-state index is 0.102. The molecule has 0 bridgehead atoms. The van der Waals surface area contributed by atoms with E-state index >= 15 is 0 Å². The molecule has 0 spiro atoms. The summed E-state index contributed by atoms with van der Waals surface area (Å²) in [4.78, 5) is 27.4. The number of rotatable bonds is 5. The minimum Gasteiger partial charge on any atom is -0.480 e. The number of aliphatic carboxylic acids is 1. The van der Waals surface area contributed by atoms with Crippen molar-refractivity contribution in [2.75, 3.05) is 38.2 Å². The third-order valence-corrected chi connectivity index (χ3v) is 4.37. The molecule has 1 aliphatic rings. The fourth-order valence-electron chi connectivity index (χ4n) is 2.31. The molecule has 1 rings (SSSR count). The van der Waals surface area contributed by atoms with Gasteiger partial charge in [0.25, 0.3) is 0 Å². The van der Waals surface area contributed by atoms with Crippen LogP contribution in [0.4, 0.5) is 4.79 Å². The van der Waals surface area contributed by atoms with Crippen molar-refractivity contribution in [3.8, 4) is 0 Å². The standard InChI is InChI=1S/C14H27N3O3S/c1-14(2,3)17-8-6-16(7-9-17)13(20)15-11(12(18)19)5-10-21-4/h11H,5-10H2,1-4H3,(H,15,20)(H,18,19)/t11-/m0/s1. The summed E-state index contributed by atoms with van der Waals surface area (Å²) >= 11 is 1.58. The van der Waals surface area contributed by atoms with Crippen molar-refractivity contribution in [2.24, 2.45) is 0 Å². The van der Waals surface area contributed by atoms with Crippen molar-refractivity contribution < 1.29 is 14.7 Å². The Labute approximate surface area is 131 Å². The number of carboxylic acid groups (broad SMARTS) is 1. The van der Waals surface area contributed by atoms with E-state index in [1.807, 2.05) is 6.26 Å². The molecule has 21 heavy (non-hydrogen) atoms. The third-order valence-electron chi connectivity index (χ3n) is 3.72. The number of urea groups is 1. The number of carboxylic acids is 1. The molecular formula is C14H27N3O3S. The van der Waals surface area contributed by atoms with E-state index < -0.39 is 12.0 Å². The van der Waals surface area contributed by atoms with E-state index in [0.29, 0.717) is 19.5 Å². The Morgan fingerprint density at radius 1 is 1.24 bits per heavy atom. The number of nitrogens with zero attached hydrogens (tertiary/aromatic N) is 2. The molecule has 2 amide bonds. The molecule has 122 valence electrons. The van der Waals surface area contributed by atoms with E-state index in [1.54, 1.807) is 16.7 Å². The van der Waals surface area contributed by atoms with Gasteiger partial charge < -0.3 is 15.3 Å². The lowest BCUT2D eigenvalue weighted by molar-refractivity contribution is -0.139. The number of carbonyl (C=O) groups excluding carboxylic acids is 1. The Morgan fingerprint density at radius 2 is 1.81 bits per heavy atom. The maximum atomic E-state index is 12.2. The first-order valence-corrected chi connectivity index (χ1v) is 8.67. The maximum Gasteiger partial charge on any atom is 0.326 e. The summed E-state index contributed by atoms with van der Waals surface area (Å²) in [5, 5.41) is 11.8. The smallest absolute Gasteiger partial charge is 0.326 e. The van der Waals surface area contributed by atoms with Gasteiger partial charge in [-0.15, -0.1) is 0 Å². The molecule has 1 aliphatic heterocycles. The van der Waals surface area contributed by atoms with Crippen molar-refractivity contribution in [3.05, 3.63) is 0 Å². The molecule has 7 heteroatoms. The molecule has 0 aliphatic carbocycles. The Bertz CT molecular complexity index is 363. The molecule has 0 aromatic carbocycles. The van der Waals surface area contributed by atoms with Crippen LogP contribution in [0, 0.1) is 0 Å². The van der Waals surface area contributed by atoms with Crippen LogP contribution in [0.1, 0.15) is 27.2 Å². The van der Waals surface area contributed by atoms with Crippen molar-refractivity contribution in [2.45, 2.75) is 38.8 Å². The fourth-order valence-corrected chi connectivity index (χ4v) is 2.79. The zero-order valence-corrected chi connectivity index (χ0v) is 14.2. The average Bonchev–Trinajstić information content (AvgIpc) is 2.42. The second-order valence-electron chi connectivity index (χ2n) is 6.27. The van der Waals surface area contributed by atoms with Gasteiger partial charge in [0, 0.05) is 31.7 Å². The van der Waals surface area contributed by atoms with E-state index in [9.17, 15) is 9.59 Å². The topological polar surface area (TPSA) is 72.9 Å². The van der Waals surface area contributed by atoms with Crippen LogP contribution in [0.3, 0.4) is 0 Å². The highest BCUT2D eigenvalue weighted by molar-refractivity contribution is 7.98. The van der Waals surface area contributed by atoms with Crippen molar-refractivity contribution >= 4 is 23.8 Å². The monoisotopic (exact) mass is 317 g/mol. The summed E-state index contributed by atoms with van der Waals surface area (Å²) in [6.45, 7) is 9.39. The highest BCUT2D eigenvalue weighted by Crippen LogP contribution is 2.15. The summed E-state index contributed by atoms with van der Waals surface area (Å²) in [5.74, 6) is -0.250. The largest absolute Gasteiger partial charge is 0.480 e.